The molecule has 4 heteroatoms. The van der Waals surface area contributed by atoms with E-state index < -0.39 is 5.54 Å². The van der Waals surface area contributed by atoms with E-state index in [1.54, 1.807) is 18.2 Å². The highest BCUT2D eigenvalue weighted by Crippen LogP contribution is 2.38. The van der Waals surface area contributed by atoms with Crippen molar-refractivity contribution in [3.63, 3.8) is 0 Å². The molecule has 3 N–H and O–H groups in total. The standard InChI is InChI=1S/C13H18FNO2/c1-9-11(8-16)13(15,6-7-17-9)10-4-2-3-5-12(10)14/h2-5,9,11,16H,6-8,15H2,1H3/t9-,11?,13?/m1/s1. The van der Waals surface area contributed by atoms with Crippen LogP contribution in [0.4, 0.5) is 4.39 Å². The number of benzene rings is 1. The first kappa shape index (κ1) is 12.5. The Morgan fingerprint density at radius 2 is 2.24 bits per heavy atom. The number of hydrogen-bond donors (Lipinski definition) is 2. The zero-order valence-corrected chi connectivity index (χ0v) is 9.90. The van der Waals surface area contributed by atoms with Crippen molar-refractivity contribution >= 4 is 0 Å². The Kier molecular flexibility index (Phi) is 3.47. The molecule has 0 saturated carbocycles. The van der Waals surface area contributed by atoms with Crippen molar-refractivity contribution in [1.82, 2.24) is 0 Å². The lowest BCUT2D eigenvalue weighted by molar-refractivity contribution is -0.0783. The topological polar surface area (TPSA) is 55.5 Å². The average Bonchev–Trinajstić information content (AvgIpc) is 2.29. The summed E-state index contributed by atoms with van der Waals surface area (Å²) in [4.78, 5) is 0. The Balaban J connectivity index is 2.42. The summed E-state index contributed by atoms with van der Waals surface area (Å²) >= 11 is 0. The minimum absolute atomic E-state index is 0.105. The number of aliphatic hydroxyl groups is 1. The Labute approximate surface area is 100 Å². The molecule has 1 aliphatic heterocycles. The van der Waals surface area contributed by atoms with Crippen molar-refractivity contribution in [2.75, 3.05) is 13.2 Å². The third kappa shape index (κ3) is 2.08. The third-order valence-corrected chi connectivity index (χ3v) is 3.70. The van der Waals surface area contributed by atoms with E-state index in [9.17, 15) is 9.50 Å². The first-order chi connectivity index (χ1) is 8.09. The van der Waals surface area contributed by atoms with Crippen molar-refractivity contribution < 1.29 is 14.2 Å². The van der Waals surface area contributed by atoms with Crippen LogP contribution in [-0.4, -0.2) is 24.4 Å². The van der Waals surface area contributed by atoms with Crippen LogP contribution < -0.4 is 5.73 Å². The van der Waals surface area contributed by atoms with E-state index in [1.165, 1.54) is 6.07 Å². The van der Waals surface area contributed by atoms with Crippen LogP contribution >= 0.6 is 0 Å². The van der Waals surface area contributed by atoms with E-state index in [-0.39, 0.29) is 24.4 Å². The van der Waals surface area contributed by atoms with Crippen LogP contribution in [0.5, 0.6) is 0 Å². The van der Waals surface area contributed by atoms with Gasteiger partial charge in [0.25, 0.3) is 0 Å². The van der Waals surface area contributed by atoms with E-state index in [1.807, 2.05) is 6.92 Å². The molecule has 0 radical (unpaired) electrons. The van der Waals surface area contributed by atoms with Crippen molar-refractivity contribution in [3.8, 4) is 0 Å². The molecular formula is C13H18FNO2. The van der Waals surface area contributed by atoms with E-state index >= 15 is 0 Å². The first-order valence-electron chi connectivity index (χ1n) is 5.86. The van der Waals surface area contributed by atoms with Crippen LogP contribution in [0.1, 0.15) is 18.9 Å². The fourth-order valence-corrected chi connectivity index (χ4v) is 2.62. The van der Waals surface area contributed by atoms with Gasteiger partial charge < -0.3 is 15.6 Å². The molecule has 2 rings (SSSR count). The highest BCUT2D eigenvalue weighted by molar-refractivity contribution is 5.28. The smallest absolute Gasteiger partial charge is 0.128 e. The molecule has 1 fully saturated rings. The number of aliphatic hydroxyl groups excluding tert-OH is 1. The summed E-state index contributed by atoms with van der Waals surface area (Å²) in [7, 11) is 0. The van der Waals surface area contributed by atoms with E-state index in [4.69, 9.17) is 10.5 Å². The summed E-state index contributed by atoms with van der Waals surface area (Å²) in [6.07, 6.45) is 0.349. The fourth-order valence-electron chi connectivity index (χ4n) is 2.62. The quantitative estimate of drug-likeness (QED) is 0.820. The molecule has 17 heavy (non-hydrogen) atoms. The van der Waals surface area contributed by atoms with E-state index in [0.29, 0.717) is 18.6 Å². The summed E-state index contributed by atoms with van der Waals surface area (Å²) < 4.78 is 19.3. The maximum Gasteiger partial charge on any atom is 0.128 e. The molecular weight excluding hydrogens is 221 g/mol. The van der Waals surface area contributed by atoms with E-state index in [0.717, 1.165) is 0 Å². The highest BCUT2D eigenvalue weighted by Gasteiger charge is 2.44. The van der Waals surface area contributed by atoms with E-state index in [2.05, 4.69) is 0 Å². The zero-order chi connectivity index (χ0) is 12.5. The summed E-state index contributed by atoms with van der Waals surface area (Å²) in [6, 6.07) is 6.50. The van der Waals surface area contributed by atoms with Gasteiger partial charge in [-0.05, 0) is 19.4 Å². The SMILES string of the molecule is C[C@H]1OCCC(N)(c2ccccc2F)C1CO. The maximum absolute atomic E-state index is 13.9. The normalized spacial score (nSPS) is 33.6. The highest BCUT2D eigenvalue weighted by atomic mass is 19.1. The second kappa shape index (κ2) is 4.72. The van der Waals surface area contributed by atoms with Gasteiger partial charge in [-0.15, -0.1) is 0 Å². The Morgan fingerprint density at radius 1 is 1.53 bits per heavy atom. The van der Waals surface area contributed by atoms with Gasteiger partial charge in [0.15, 0.2) is 0 Å². The van der Waals surface area contributed by atoms with Gasteiger partial charge in [-0.1, -0.05) is 18.2 Å². The van der Waals surface area contributed by atoms with Crippen LogP contribution in [0, 0.1) is 11.7 Å². The van der Waals surface area contributed by atoms with Gasteiger partial charge >= 0.3 is 0 Å². The summed E-state index contributed by atoms with van der Waals surface area (Å²) in [5.74, 6) is -0.601. The summed E-state index contributed by atoms with van der Waals surface area (Å²) in [6.45, 7) is 2.25. The summed E-state index contributed by atoms with van der Waals surface area (Å²) in [5.41, 5.74) is 5.96. The van der Waals surface area contributed by atoms with Gasteiger partial charge in [-0.2, -0.15) is 0 Å². The molecule has 1 saturated heterocycles. The van der Waals surface area contributed by atoms with Crippen LogP contribution in [0.3, 0.4) is 0 Å². The van der Waals surface area contributed by atoms with Crippen molar-refractivity contribution in [2.24, 2.45) is 11.7 Å². The molecule has 1 heterocycles. The molecule has 0 spiro atoms. The lowest BCUT2D eigenvalue weighted by atomic mass is 9.73. The molecule has 0 aromatic heterocycles. The molecule has 1 aliphatic rings. The predicted octanol–water partition coefficient (Wildman–Crippen LogP) is 1.40. The maximum atomic E-state index is 13.9. The number of hydrogen-bond acceptors (Lipinski definition) is 3. The molecule has 3 atom stereocenters. The fraction of sp³-hybridized carbons (Fsp3) is 0.538. The number of halogens is 1. The lowest BCUT2D eigenvalue weighted by Crippen LogP contribution is -2.55. The molecule has 1 aromatic carbocycles. The average molecular weight is 239 g/mol. The molecule has 0 aliphatic carbocycles. The second-order valence-electron chi connectivity index (χ2n) is 4.64. The molecule has 0 bridgehead atoms. The van der Waals surface area contributed by atoms with Crippen LogP contribution in [0.15, 0.2) is 24.3 Å². The largest absolute Gasteiger partial charge is 0.396 e. The molecule has 2 unspecified atom stereocenters. The third-order valence-electron chi connectivity index (χ3n) is 3.70. The Morgan fingerprint density at radius 3 is 2.88 bits per heavy atom. The van der Waals surface area contributed by atoms with Crippen LogP contribution in [0.25, 0.3) is 0 Å². The second-order valence-corrected chi connectivity index (χ2v) is 4.64. The van der Waals surface area contributed by atoms with Gasteiger partial charge in [0.1, 0.15) is 5.82 Å². The van der Waals surface area contributed by atoms with Gasteiger partial charge in [-0.3, -0.25) is 0 Å². The summed E-state index contributed by atoms with van der Waals surface area (Å²) in [5, 5.41) is 9.47. The number of rotatable bonds is 2. The molecule has 0 amide bonds. The first-order valence-corrected chi connectivity index (χ1v) is 5.86. The van der Waals surface area contributed by atoms with Gasteiger partial charge in [-0.25, -0.2) is 4.39 Å². The number of nitrogens with two attached hydrogens (primary N) is 1. The monoisotopic (exact) mass is 239 g/mol. The van der Waals surface area contributed by atoms with Crippen LogP contribution in [0.2, 0.25) is 0 Å². The van der Waals surface area contributed by atoms with Crippen LogP contribution in [-0.2, 0) is 10.3 Å². The molecule has 3 nitrogen and oxygen atoms in total. The number of ether oxygens (including phenoxy) is 1. The molecule has 1 aromatic rings. The van der Waals surface area contributed by atoms with Gasteiger partial charge in [0, 0.05) is 18.1 Å². The van der Waals surface area contributed by atoms with Crippen molar-refractivity contribution in [1.29, 1.82) is 0 Å². The predicted molar refractivity (Wildman–Crippen MR) is 62.9 cm³/mol. The van der Waals surface area contributed by atoms with Crippen molar-refractivity contribution in [3.05, 3.63) is 35.6 Å². The minimum atomic E-state index is -0.849. The van der Waals surface area contributed by atoms with Gasteiger partial charge in [0.05, 0.1) is 18.2 Å². The minimum Gasteiger partial charge on any atom is -0.396 e. The van der Waals surface area contributed by atoms with Crippen molar-refractivity contribution in [2.45, 2.75) is 25.0 Å². The Hall–Kier alpha value is -0.970. The van der Waals surface area contributed by atoms with Gasteiger partial charge in [0.2, 0.25) is 0 Å². The zero-order valence-electron chi connectivity index (χ0n) is 9.90. The molecule has 94 valence electrons. The Bertz CT molecular complexity index is 399. The lowest BCUT2D eigenvalue weighted by Gasteiger charge is -2.44.